The second-order valence-electron chi connectivity index (χ2n) is 5.87. The molecule has 3 rings (SSSR count). The van der Waals surface area contributed by atoms with Crippen LogP contribution in [0.5, 0.6) is 0 Å². The molecule has 0 radical (unpaired) electrons. The highest BCUT2D eigenvalue weighted by atomic mass is 32.2. The van der Waals surface area contributed by atoms with Crippen molar-refractivity contribution in [1.82, 2.24) is 20.1 Å². The minimum Gasteiger partial charge on any atom is -0.349 e. The van der Waals surface area contributed by atoms with Crippen LogP contribution in [0.4, 0.5) is 0 Å². The smallest absolute Gasteiger partial charge is 0.344 e. The summed E-state index contributed by atoms with van der Waals surface area (Å²) in [5, 5.41) is 9.94. The van der Waals surface area contributed by atoms with E-state index in [0.29, 0.717) is 11.7 Å². The van der Waals surface area contributed by atoms with Crippen molar-refractivity contribution in [2.75, 3.05) is 5.75 Å². The van der Waals surface area contributed by atoms with E-state index in [2.05, 4.69) is 15.5 Å². The molecule has 0 aliphatic heterocycles. The number of benzene rings is 2. The summed E-state index contributed by atoms with van der Waals surface area (Å²) in [5.74, 6) is 0.0871. The average Bonchev–Trinajstić information content (AvgIpc) is 3.01. The summed E-state index contributed by atoms with van der Waals surface area (Å²) >= 11 is 1.24. The Balaban J connectivity index is 1.60. The van der Waals surface area contributed by atoms with Crippen LogP contribution in [-0.4, -0.2) is 26.4 Å². The zero-order valence-corrected chi connectivity index (χ0v) is 15.2. The number of rotatable bonds is 7. The zero-order valence-electron chi connectivity index (χ0n) is 14.4. The predicted molar refractivity (Wildman–Crippen MR) is 102 cm³/mol. The maximum absolute atomic E-state index is 12.2. The first-order valence-corrected chi connectivity index (χ1v) is 9.28. The summed E-state index contributed by atoms with van der Waals surface area (Å²) in [6.45, 7) is 2.36. The molecule has 0 fully saturated rings. The van der Waals surface area contributed by atoms with Crippen molar-refractivity contribution in [3.8, 4) is 0 Å². The van der Waals surface area contributed by atoms with Gasteiger partial charge in [-0.15, -0.1) is 5.10 Å². The van der Waals surface area contributed by atoms with Gasteiger partial charge in [-0.3, -0.25) is 9.36 Å². The Morgan fingerprint density at radius 2 is 1.81 bits per heavy atom. The maximum atomic E-state index is 12.2. The summed E-state index contributed by atoms with van der Waals surface area (Å²) in [7, 11) is 0. The number of carbonyl (C=O) groups is 1. The number of aromatic nitrogens is 3. The molecule has 1 atom stereocenters. The largest absolute Gasteiger partial charge is 0.349 e. The Morgan fingerprint density at radius 1 is 1.15 bits per heavy atom. The zero-order chi connectivity index (χ0) is 18.4. The van der Waals surface area contributed by atoms with Gasteiger partial charge < -0.3 is 5.32 Å². The Hall–Kier alpha value is -2.80. The summed E-state index contributed by atoms with van der Waals surface area (Å²) < 4.78 is 1.54. The van der Waals surface area contributed by atoms with E-state index in [1.165, 1.54) is 16.3 Å². The highest BCUT2D eigenvalue weighted by Crippen LogP contribution is 2.16. The Morgan fingerprint density at radius 3 is 2.50 bits per heavy atom. The number of thioether (sulfide) groups is 1. The molecule has 1 amide bonds. The van der Waals surface area contributed by atoms with Gasteiger partial charge in [0, 0.05) is 0 Å². The van der Waals surface area contributed by atoms with Crippen molar-refractivity contribution in [2.45, 2.75) is 24.7 Å². The molecule has 0 spiro atoms. The van der Waals surface area contributed by atoms with Crippen LogP contribution in [0.25, 0.3) is 0 Å². The van der Waals surface area contributed by atoms with Crippen molar-refractivity contribution in [3.05, 3.63) is 82.3 Å². The van der Waals surface area contributed by atoms with Crippen LogP contribution in [0, 0.1) is 0 Å². The average molecular weight is 368 g/mol. The van der Waals surface area contributed by atoms with Crippen molar-refractivity contribution >= 4 is 17.7 Å². The SMILES string of the molecule is C[C@@H](NC(=O)CSc1n[nH]c(=O)n1Cc1ccccc1)c1ccccc1. The van der Waals surface area contributed by atoms with Gasteiger partial charge in [-0.1, -0.05) is 72.4 Å². The van der Waals surface area contributed by atoms with E-state index < -0.39 is 0 Å². The number of hydrogen-bond acceptors (Lipinski definition) is 4. The summed E-state index contributed by atoms with van der Waals surface area (Å²) in [4.78, 5) is 24.2. The first kappa shape index (κ1) is 18.0. The molecule has 7 heteroatoms. The van der Waals surface area contributed by atoms with Crippen molar-refractivity contribution in [1.29, 1.82) is 0 Å². The lowest BCUT2D eigenvalue weighted by Crippen LogP contribution is -2.28. The van der Waals surface area contributed by atoms with Gasteiger partial charge in [0.25, 0.3) is 0 Å². The van der Waals surface area contributed by atoms with Crippen LogP contribution in [0.15, 0.2) is 70.6 Å². The third kappa shape index (κ3) is 4.64. The van der Waals surface area contributed by atoms with Crippen LogP contribution in [0.3, 0.4) is 0 Å². The number of H-pyrrole nitrogens is 1. The summed E-state index contributed by atoms with van der Waals surface area (Å²) in [5.41, 5.74) is 1.76. The molecular weight excluding hydrogens is 348 g/mol. The lowest BCUT2D eigenvalue weighted by molar-refractivity contribution is -0.119. The van der Waals surface area contributed by atoms with Crippen molar-refractivity contribution < 1.29 is 4.79 Å². The van der Waals surface area contributed by atoms with Gasteiger partial charge in [0.15, 0.2) is 5.16 Å². The second-order valence-corrected chi connectivity index (χ2v) is 6.81. The molecule has 134 valence electrons. The van der Waals surface area contributed by atoms with Crippen LogP contribution in [0.1, 0.15) is 24.1 Å². The monoisotopic (exact) mass is 368 g/mol. The molecule has 0 saturated heterocycles. The van der Waals surface area contributed by atoms with Gasteiger partial charge in [-0.2, -0.15) is 0 Å². The number of nitrogens with zero attached hydrogens (tertiary/aromatic N) is 2. The van der Waals surface area contributed by atoms with Gasteiger partial charge in [-0.25, -0.2) is 9.89 Å². The van der Waals surface area contributed by atoms with E-state index in [1.807, 2.05) is 67.6 Å². The first-order chi connectivity index (χ1) is 12.6. The fraction of sp³-hybridized carbons (Fsp3) is 0.211. The number of amides is 1. The third-order valence-electron chi connectivity index (χ3n) is 3.92. The third-order valence-corrected chi connectivity index (χ3v) is 4.89. The van der Waals surface area contributed by atoms with E-state index in [4.69, 9.17) is 0 Å². The topological polar surface area (TPSA) is 79.8 Å². The molecule has 0 unspecified atom stereocenters. The molecule has 3 aromatic rings. The molecule has 0 aliphatic rings. The molecule has 0 bridgehead atoms. The van der Waals surface area contributed by atoms with Crippen molar-refractivity contribution in [2.24, 2.45) is 0 Å². The minimum atomic E-state index is -0.283. The quantitative estimate of drug-likeness (QED) is 0.628. The number of nitrogens with one attached hydrogen (secondary N) is 2. The van der Waals surface area contributed by atoms with E-state index in [9.17, 15) is 9.59 Å². The van der Waals surface area contributed by atoms with Crippen LogP contribution >= 0.6 is 11.8 Å². The first-order valence-electron chi connectivity index (χ1n) is 8.29. The molecule has 6 nitrogen and oxygen atoms in total. The van der Waals surface area contributed by atoms with Gasteiger partial charge in [0.05, 0.1) is 18.3 Å². The standard InChI is InChI=1S/C19H20N4O2S/c1-14(16-10-6-3-7-11-16)20-17(24)13-26-19-22-21-18(25)23(19)12-15-8-4-2-5-9-15/h2-11,14H,12-13H2,1H3,(H,20,24)(H,21,25)/t14-/m1/s1. The molecule has 2 aromatic carbocycles. The van der Waals surface area contributed by atoms with E-state index in [1.54, 1.807) is 0 Å². The molecular formula is C19H20N4O2S. The molecule has 1 heterocycles. The van der Waals surface area contributed by atoms with Gasteiger partial charge in [0.2, 0.25) is 5.91 Å². The van der Waals surface area contributed by atoms with Crippen LogP contribution < -0.4 is 11.0 Å². The highest BCUT2D eigenvalue weighted by Gasteiger charge is 2.14. The second kappa shape index (κ2) is 8.53. The minimum absolute atomic E-state index is 0.0741. The maximum Gasteiger partial charge on any atom is 0.344 e. The Bertz CT molecular complexity index is 906. The van der Waals surface area contributed by atoms with Gasteiger partial charge in [-0.05, 0) is 18.1 Å². The van der Waals surface area contributed by atoms with Crippen molar-refractivity contribution in [3.63, 3.8) is 0 Å². The van der Waals surface area contributed by atoms with Gasteiger partial charge >= 0.3 is 5.69 Å². The van der Waals surface area contributed by atoms with Crippen LogP contribution in [0.2, 0.25) is 0 Å². The lowest BCUT2D eigenvalue weighted by atomic mass is 10.1. The normalized spacial score (nSPS) is 11.9. The Kier molecular flexibility index (Phi) is 5.91. The molecule has 0 saturated carbocycles. The summed E-state index contributed by atoms with van der Waals surface area (Å²) in [6.07, 6.45) is 0. The molecule has 26 heavy (non-hydrogen) atoms. The van der Waals surface area contributed by atoms with Crippen LogP contribution in [-0.2, 0) is 11.3 Å². The predicted octanol–water partition coefficient (Wildman–Crippen LogP) is 2.59. The number of aromatic amines is 1. The molecule has 1 aromatic heterocycles. The summed E-state index contributed by atoms with van der Waals surface area (Å²) in [6, 6.07) is 19.4. The fourth-order valence-corrected chi connectivity index (χ4v) is 3.31. The molecule has 0 aliphatic carbocycles. The number of hydrogen-bond donors (Lipinski definition) is 2. The van der Waals surface area contributed by atoms with Gasteiger partial charge in [0.1, 0.15) is 0 Å². The Labute approximate surface area is 155 Å². The van der Waals surface area contributed by atoms with E-state index in [0.717, 1.165) is 11.1 Å². The lowest BCUT2D eigenvalue weighted by Gasteiger charge is -2.14. The highest BCUT2D eigenvalue weighted by molar-refractivity contribution is 7.99. The number of carbonyl (C=O) groups excluding carboxylic acids is 1. The molecule has 2 N–H and O–H groups in total. The van der Waals surface area contributed by atoms with E-state index >= 15 is 0 Å². The van der Waals surface area contributed by atoms with E-state index in [-0.39, 0.29) is 23.4 Å². The fourth-order valence-electron chi connectivity index (χ4n) is 2.56.